The molecule has 0 radical (unpaired) electrons. The molecule has 8 heteroatoms. The molecule has 7 nitrogen and oxygen atoms in total. The van der Waals surface area contributed by atoms with E-state index in [0.717, 1.165) is 22.4 Å². The number of aryl methyl sites for hydroxylation is 2. The van der Waals surface area contributed by atoms with Crippen LogP contribution >= 0.6 is 0 Å². The van der Waals surface area contributed by atoms with Gasteiger partial charge in [0, 0.05) is 12.1 Å². The first-order valence-electron chi connectivity index (χ1n) is 9.87. The minimum atomic E-state index is -0.342. The lowest BCUT2D eigenvalue weighted by molar-refractivity contribution is 0.0945. The molecule has 2 aromatic heterocycles. The van der Waals surface area contributed by atoms with E-state index in [1.54, 1.807) is 23.7 Å². The Labute approximate surface area is 178 Å². The lowest BCUT2D eigenvalue weighted by Crippen LogP contribution is -2.24. The Kier molecular flexibility index (Phi) is 5.62. The summed E-state index contributed by atoms with van der Waals surface area (Å²) in [7, 11) is 0. The zero-order valence-corrected chi connectivity index (χ0v) is 17.5. The van der Waals surface area contributed by atoms with Crippen LogP contribution in [0, 0.1) is 26.6 Å². The second-order valence-corrected chi connectivity index (χ2v) is 7.38. The van der Waals surface area contributed by atoms with Crippen LogP contribution in [0.15, 0.2) is 52.9 Å². The number of nitrogens with zero attached hydrogens (tertiary/aromatic N) is 4. The summed E-state index contributed by atoms with van der Waals surface area (Å²) >= 11 is 0. The van der Waals surface area contributed by atoms with Gasteiger partial charge >= 0.3 is 0 Å². The molecular formula is C23H22FN5O2. The number of halogens is 1. The van der Waals surface area contributed by atoms with Gasteiger partial charge in [0.1, 0.15) is 17.3 Å². The Hall–Kier alpha value is -3.81. The van der Waals surface area contributed by atoms with Crippen LogP contribution in [0.3, 0.4) is 0 Å². The van der Waals surface area contributed by atoms with Crippen molar-refractivity contribution in [3.8, 4) is 11.5 Å². The molecule has 0 spiro atoms. The summed E-state index contributed by atoms with van der Waals surface area (Å²) in [5, 5.41) is 10.9. The first-order chi connectivity index (χ1) is 14.9. The number of oxazole rings is 1. The molecular weight excluding hydrogens is 397 g/mol. The van der Waals surface area contributed by atoms with E-state index in [-0.39, 0.29) is 24.0 Å². The Bertz CT molecular complexity index is 1210. The summed E-state index contributed by atoms with van der Waals surface area (Å²) in [6.07, 6.45) is 0. The molecule has 0 saturated carbocycles. The van der Waals surface area contributed by atoms with Crippen LogP contribution in [0.5, 0.6) is 0 Å². The van der Waals surface area contributed by atoms with Crippen molar-refractivity contribution in [1.29, 1.82) is 0 Å². The Morgan fingerprint density at radius 2 is 1.77 bits per heavy atom. The summed E-state index contributed by atoms with van der Waals surface area (Å²) in [6.45, 7) is 6.27. The Morgan fingerprint density at radius 1 is 1.06 bits per heavy atom. The van der Waals surface area contributed by atoms with Gasteiger partial charge in [-0.3, -0.25) is 4.79 Å². The van der Waals surface area contributed by atoms with E-state index in [4.69, 9.17) is 4.42 Å². The highest BCUT2D eigenvalue weighted by atomic mass is 19.1. The van der Waals surface area contributed by atoms with Gasteiger partial charge in [-0.05, 0) is 50.6 Å². The number of carbonyl (C=O) groups is 1. The van der Waals surface area contributed by atoms with Gasteiger partial charge in [-0.1, -0.05) is 35.0 Å². The Balaban J connectivity index is 1.46. The van der Waals surface area contributed by atoms with Crippen molar-refractivity contribution in [2.45, 2.75) is 33.9 Å². The van der Waals surface area contributed by atoms with Crippen LogP contribution in [0.25, 0.3) is 11.5 Å². The van der Waals surface area contributed by atoms with Crippen molar-refractivity contribution >= 4 is 5.91 Å². The van der Waals surface area contributed by atoms with Crippen LogP contribution in [-0.4, -0.2) is 25.9 Å². The molecule has 0 unspecified atom stereocenters. The standard InChI is InChI=1S/C23H22FN5O2/c1-14-4-8-18(9-5-14)23-26-20(16(3)31-23)13-29-15(2)21(27-28-29)22(30)25-12-17-6-10-19(24)11-7-17/h4-11H,12-13H2,1-3H3,(H,25,30). The van der Waals surface area contributed by atoms with E-state index in [2.05, 4.69) is 20.6 Å². The number of rotatable bonds is 6. The van der Waals surface area contributed by atoms with Crippen molar-refractivity contribution in [3.63, 3.8) is 0 Å². The third kappa shape index (κ3) is 4.53. The highest BCUT2D eigenvalue weighted by Crippen LogP contribution is 2.23. The van der Waals surface area contributed by atoms with Crippen molar-refractivity contribution in [3.05, 3.63) is 88.3 Å². The maximum Gasteiger partial charge on any atom is 0.274 e. The molecule has 4 aromatic rings. The molecule has 31 heavy (non-hydrogen) atoms. The van der Waals surface area contributed by atoms with E-state index in [1.807, 2.05) is 38.1 Å². The average Bonchev–Trinajstić information content (AvgIpc) is 3.31. The third-order valence-electron chi connectivity index (χ3n) is 5.05. The smallest absolute Gasteiger partial charge is 0.274 e. The van der Waals surface area contributed by atoms with Gasteiger partial charge in [-0.15, -0.1) is 5.10 Å². The van der Waals surface area contributed by atoms with E-state index in [9.17, 15) is 9.18 Å². The molecule has 1 amide bonds. The summed E-state index contributed by atoms with van der Waals surface area (Å²) < 4.78 is 20.5. The zero-order chi connectivity index (χ0) is 22.0. The largest absolute Gasteiger partial charge is 0.441 e. The molecule has 0 saturated heterocycles. The van der Waals surface area contributed by atoms with Gasteiger partial charge < -0.3 is 9.73 Å². The van der Waals surface area contributed by atoms with Gasteiger partial charge in [0.15, 0.2) is 5.69 Å². The number of amides is 1. The highest BCUT2D eigenvalue weighted by molar-refractivity contribution is 5.93. The van der Waals surface area contributed by atoms with Gasteiger partial charge in [0.25, 0.3) is 5.91 Å². The molecule has 158 valence electrons. The fourth-order valence-corrected chi connectivity index (χ4v) is 3.12. The van der Waals surface area contributed by atoms with Crippen LogP contribution in [0.4, 0.5) is 4.39 Å². The number of hydrogen-bond donors (Lipinski definition) is 1. The second-order valence-electron chi connectivity index (χ2n) is 7.38. The van der Waals surface area contributed by atoms with Gasteiger partial charge in [-0.2, -0.15) is 0 Å². The van der Waals surface area contributed by atoms with Crippen molar-refractivity contribution in [2.75, 3.05) is 0 Å². The van der Waals surface area contributed by atoms with E-state index < -0.39 is 0 Å². The fraction of sp³-hybridized carbons (Fsp3) is 0.217. The van der Waals surface area contributed by atoms with Crippen molar-refractivity contribution in [1.82, 2.24) is 25.3 Å². The van der Waals surface area contributed by atoms with Crippen LogP contribution in [0.2, 0.25) is 0 Å². The highest BCUT2D eigenvalue weighted by Gasteiger charge is 2.19. The first-order valence-corrected chi connectivity index (χ1v) is 9.87. The molecule has 0 aliphatic carbocycles. The summed E-state index contributed by atoms with van der Waals surface area (Å²) in [4.78, 5) is 17.1. The molecule has 2 aromatic carbocycles. The number of nitrogens with one attached hydrogen (secondary N) is 1. The summed E-state index contributed by atoms with van der Waals surface area (Å²) in [5.41, 5.74) is 4.44. The lowest BCUT2D eigenvalue weighted by Gasteiger charge is -2.05. The predicted molar refractivity (Wildman–Crippen MR) is 113 cm³/mol. The maximum atomic E-state index is 13.0. The van der Waals surface area contributed by atoms with E-state index >= 15 is 0 Å². The predicted octanol–water partition coefficient (Wildman–Crippen LogP) is 3.98. The quantitative estimate of drug-likeness (QED) is 0.511. The monoisotopic (exact) mass is 419 g/mol. The number of benzene rings is 2. The molecule has 2 heterocycles. The minimum absolute atomic E-state index is 0.238. The van der Waals surface area contributed by atoms with Gasteiger partial charge in [-0.25, -0.2) is 14.1 Å². The molecule has 4 rings (SSSR count). The number of aromatic nitrogens is 4. The zero-order valence-electron chi connectivity index (χ0n) is 17.5. The molecule has 0 atom stereocenters. The summed E-state index contributed by atoms with van der Waals surface area (Å²) in [6, 6.07) is 13.9. The molecule has 0 aliphatic heterocycles. The van der Waals surface area contributed by atoms with Crippen molar-refractivity contribution in [2.24, 2.45) is 0 Å². The number of carbonyl (C=O) groups excluding carboxylic acids is 1. The van der Waals surface area contributed by atoms with Gasteiger partial charge in [0.05, 0.1) is 12.2 Å². The molecule has 0 bridgehead atoms. The fourth-order valence-electron chi connectivity index (χ4n) is 3.12. The third-order valence-corrected chi connectivity index (χ3v) is 5.05. The Morgan fingerprint density at radius 3 is 2.48 bits per heavy atom. The molecule has 1 N–H and O–H groups in total. The normalized spacial score (nSPS) is 11.0. The maximum absolute atomic E-state index is 13.0. The van der Waals surface area contributed by atoms with Crippen LogP contribution in [0.1, 0.15) is 38.8 Å². The SMILES string of the molecule is Cc1ccc(-c2nc(Cn3nnc(C(=O)NCc4ccc(F)cc4)c3C)c(C)o2)cc1. The molecule has 0 aliphatic rings. The summed E-state index contributed by atoms with van der Waals surface area (Å²) in [5.74, 6) is 0.572. The second kappa shape index (κ2) is 8.51. The molecule has 0 fully saturated rings. The van der Waals surface area contributed by atoms with Gasteiger partial charge in [0.2, 0.25) is 5.89 Å². The first kappa shape index (κ1) is 20.5. The average molecular weight is 419 g/mol. The van der Waals surface area contributed by atoms with Crippen LogP contribution < -0.4 is 5.32 Å². The van der Waals surface area contributed by atoms with Crippen molar-refractivity contribution < 1.29 is 13.6 Å². The minimum Gasteiger partial charge on any atom is -0.441 e. The lowest BCUT2D eigenvalue weighted by atomic mass is 10.1. The van der Waals surface area contributed by atoms with Crippen LogP contribution in [-0.2, 0) is 13.1 Å². The van der Waals surface area contributed by atoms with E-state index in [0.29, 0.717) is 23.9 Å². The van der Waals surface area contributed by atoms with E-state index in [1.165, 1.54) is 12.1 Å². The topological polar surface area (TPSA) is 85.8 Å². The number of hydrogen-bond acceptors (Lipinski definition) is 5.